The molecule has 0 unspecified atom stereocenters. The van der Waals surface area contributed by atoms with E-state index < -0.39 is 5.97 Å². The Morgan fingerprint density at radius 1 is 0.280 bits per heavy atom. The molecule has 1 amide bonds. The van der Waals surface area contributed by atoms with Gasteiger partial charge in [0, 0.05) is 7.11 Å². The topological polar surface area (TPSA) is 277 Å². The highest BCUT2D eigenvalue weighted by Gasteiger charge is 2.25. The summed E-state index contributed by atoms with van der Waals surface area (Å²) in [6, 6.07) is 0. The summed E-state index contributed by atoms with van der Waals surface area (Å²) in [7, 11) is 1.64. The van der Waals surface area contributed by atoms with Gasteiger partial charge in [0.25, 0.3) is 5.91 Å². The second-order valence-corrected chi connectivity index (χ2v) is 16.5. The predicted molar refractivity (Wildman–Crippen MR) is 289 cm³/mol. The summed E-state index contributed by atoms with van der Waals surface area (Å²) in [6.45, 7) is 22.4. The third-order valence-electron chi connectivity index (χ3n) is 9.98. The molecule has 1 saturated heterocycles. The first-order valence-electron chi connectivity index (χ1n) is 28.7. The van der Waals surface area contributed by atoms with E-state index in [9.17, 15) is 9.59 Å². The maximum Gasteiger partial charge on any atom is 0.337 e. The minimum Gasteiger partial charge on any atom is -0.382 e. The first-order chi connectivity index (χ1) is 40.7. The Morgan fingerprint density at radius 2 is 0.439 bits per heavy atom. The molecule has 0 aromatic heterocycles. The molecule has 1 fully saturated rings. The average Bonchev–Trinajstić information content (AvgIpc) is 3.89. The monoisotopic (exact) mass is 1200 g/mol. The van der Waals surface area contributed by atoms with Crippen LogP contribution in [0.5, 0.6) is 0 Å². The van der Waals surface area contributed by atoms with Crippen LogP contribution >= 0.6 is 0 Å². The first-order valence-corrected chi connectivity index (χ1v) is 28.7. The van der Waals surface area contributed by atoms with Crippen molar-refractivity contribution in [2.45, 2.75) is 12.8 Å². The zero-order chi connectivity index (χ0) is 58.5. The van der Waals surface area contributed by atoms with Crippen molar-refractivity contribution in [3.63, 3.8) is 0 Å². The van der Waals surface area contributed by atoms with Gasteiger partial charge in [-0.05, 0) is 5.23 Å². The first kappa shape index (κ1) is 78.0. The van der Waals surface area contributed by atoms with Gasteiger partial charge in [-0.25, -0.2) is 9.63 Å². The molecule has 1 heterocycles. The van der Waals surface area contributed by atoms with Crippen molar-refractivity contribution in [3.05, 3.63) is 0 Å². The van der Waals surface area contributed by atoms with Crippen molar-refractivity contribution < 1.29 is 133 Å². The molecule has 0 aromatic rings. The molecule has 0 aliphatic carbocycles. The highest BCUT2D eigenvalue weighted by atomic mass is 17.0. The van der Waals surface area contributed by atoms with Crippen molar-refractivity contribution in [1.82, 2.24) is 5.23 Å². The zero-order valence-corrected chi connectivity index (χ0v) is 49.2. The number of rotatable bonds is 73. The second-order valence-electron chi connectivity index (χ2n) is 16.5. The van der Waals surface area contributed by atoms with Crippen LogP contribution in [0.4, 0.5) is 0 Å². The number of carbonyl (C=O) groups is 2. The van der Waals surface area contributed by atoms with Crippen LogP contribution in [0.15, 0.2) is 0 Å². The highest BCUT2D eigenvalue weighted by Crippen LogP contribution is 2.08. The minimum absolute atomic E-state index is 0.00226. The summed E-state index contributed by atoms with van der Waals surface area (Å²) in [6.07, 6.45) is 0.190. The van der Waals surface area contributed by atoms with Crippen molar-refractivity contribution in [2.75, 3.05) is 324 Å². The number of hydrogen-bond donors (Lipinski definition) is 0. The van der Waals surface area contributed by atoms with Crippen LogP contribution in [0.3, 0.4) is 0 Å². The summed E-state index contributed by atoms with van der Waals surface area (Å²) in [4.78, 5) is 32.6. The Morgan fingerprint density at radius 3 is 0.585 bits per heavy atom. The largest absolute Gasteiger partial charge is 0.382 e. The van der Waals surface area contributed by atoms with E-state index in [0.29, 0.717) is 309 Å². The van der Waals surface area contributed by atoms with Gasteiger partial charge in [-0.15, -0.1) is 0 Å². The second kappa shape index (κ2) is 69.7. The van der Waals surface area contributed by atoms with Crippen molar-refractivity contribution in [2.24, 2.45) is 0 Å². The molecule has 82 heavy (non-hydrogen) atoms. The predicted octanol–water partition coefficient (Wildman–Crippen LogP) is 0.0268. The van der Waals surface area contributed by atoms with E-state index >= 15 is 0 Å². The van der Waals surface area contributed by atoms with Gasteiger partial charge in [-0.3, -0.25) is 4.79 Å². The number of hydrogen-bond acceptors (Lipinski definition) is 28. The molecule has 0 radical (unpaired) electrons. The van der Waals surface area contributed by atoms with Crippen LogP contribution in [0, 0.1) is 0 Å². The molecule has 0 atom stereocenters. The molecule has 0 saturated carbocycles. The molecule has 0 N–H and O–H groups in total. The molecule has 1 aliphatic rings. The lowest BCUT2D eigenvalue weighted by Crippen LogP contribution is -2.27. The van der Waals surface area contributed by atoms with Crippen LogP contribution < -0.4 is 0 Å². The van der Waals surface area contributed by atoms with Gasteiger partial charge in [-0.1, -0.05) is 0 Å². The van der Waals surface area contributed by atoms with Gasteiger partial charge in [0.05, 0.1) is 330 Å². The Kier molecular flexibility index (Phi) is 66.3. The fraction of sp³-hybridized carbons (Fsp3) is 0.962. The molecule has 29 nitrogen and oxygen atoms in total. The van der Waals surface area contributed by atoms with Crippen LogP contribution in [-0.2, 0) is 133 Å². The van der Waals surface area contributed by atoms with Crippen LogP contribution in [0.25, 0.3) is 0 Å². The van der Waals surface area contributed by atoms with Crippen LogP contribution in [0.1, 0.15) is 12.8 Å². The Bertz CT molecular complexity index is 1260. The zero-order valence-electron chi connectivity index (χ0n) is 49.2. The lowest BCUT2D eigenvalue weighted by atomic mass is 10.5. The van der Waals surface area contributed by atoms with E-state index in [2.05, 4.69) is 0 Å². The third-order valence-corrected chi connectivity index (χ3v) is 9.98. The standard InChI is InChI=1S/C53H103NO28/c1-57-6-7-59-10-11-61-14-15-63-18-19-65-22-23-67-26-27-69-30-31-71-34-35-73-38-39-75-42-43-77-46-47-79-50-51-80-49-48-78-45-44-76-41-40-74-37-36-72-33-32-70-29-28-68-25-24-66-21-20-64-17-16-62-13-12-60-9-8-58-4-3-53(56)82-54-52(55)2-5-81-54/h2-51H2,1H3. The van der Waals surface area contributed by atoms with Gasteiger partial charge in [0.1, 0.15) is 0 Å². The number of methoxy groups -OCH3 is 1. The Balaban J connectivity index is 1.59. The lowest BCUT2D eigenvalue weighted by molar-refractivity contribution is -0.303. The fourth-order valence-corrected chi connectivity index (χ4v) is 5.83. The summed E-state index contributed by atoms with van der Waals surface area (Å²) in [5, 5.41) is 0.614. The van der Waals surface area contributed by atoms with E-state index in [1.165, 1.54) is 0 Å². The number of carbonyl (C=O) groups excluding carboxylic acids is 2. The molecule has 0 spiro atoms. The van der Waals surface area contributed by atoms with Crippen LogP contribution in [0.2, 0.25) is 0 Å². The molecular weight excluding hydrogens is 1100 g/mol. The SMILES string of the molecule is COCCOCCOCCOCCOCCOCCOCCOCCOCCOCCOCCOCCOCCOCCOCCOCCOCCOCCOCCOCCOCCOCCOCCOCCC(=O)ON1OCCC1=O. The number of ether oxygens (including phenoxy) is 24. The molecule has 488 valence electrons. The summed E-state index contributed by atoms with van der Waals surface area (Å²) in [5.74, 6) is -0.992. The van der Waals surface area contributed by atoms with Gasteiger partial charge in [0.15, 0.2) is 0 Å². The Hall–Kier alpha value is -2.06. The van der Waals surface area contributed by atoms with E-state index in [1.807, 2.05) is 0 Å². The van der Waals surface area contributed by atoms with Crippen molar-refractivity contribution >= 4 is 11.9 Å². The van der Waals surface area contributed by atoms with Gasteiger partial charge >= 0.3 is 5.97 Å². The van der Waals surface area contributed by atoms with Crippen LogP contribution in [-0.4, -0.2) is 341 Å². The number of amides is 1. The summed E-state index contributed by atoms with van der Waals surface area (Å²) >= 11 is 0. The Labute approximate surface area is 486 Å². The average molecular weight is 1200 g/mol. The molecule has 29 heteroatoms. The summed E-state index contributed by atoms with van der Waals surface area (Å²) < 4.78 is 131. The van der Waals surface area contributed by atoms with E-state index in [-0.39, 0.29) is 32.0 Å². The molecule has 1 aliphatic heterocycles. The maximum absolute atomic E-state index is 11.6. The smallest absolute Gasteiger partial charge is 0.337 e. The third kappa shape index (κ3) is 63.9. The van der Waals surface area contributed by atoms with Gasteiger partial charge in [-0.2, -0.15) is 0 Å². The quantitative estimate of drug-likeness (QED) is 0.0726. The number of nitrogens with zero attached hydrogens (tertiary/aromatic N) is 1. The number of hydroxylamine groups is 2. The lowest BCUT2D eigenvalue weighted by Gasteiger charge is -2.12. The van der Waals surface area contributed by atoms with Gasteiger partial charge in [0.2, 0.25) is 0 Å². The molecule has 1 rings (SSSR count). The van der Waals surface area contributed by atoms with Crippen molar-refractivity contribution in [1.29, 1.82) is 0 Å². The van der Waals surface area contributed by atoms with E-state index in [1.54, 1.807) is 7.11 Å². The fourth-order valence-electron chi connectivity index (χ4n) is 5.83. The van der Waals surface area contributed by atoms with Crippen molar-refractivity contribution in [3.8, 4) is 0 Å². The molecule has 0 bridgehead atoms. The molecule has 0 aromatic carbocycles. The van der Waals surface area contributed by atoms with E-state index in [0.717, 1.165) is 0 Å². The summed E-state index contributed by atoms with van der Waals surface area (Å²) in [5.41, 5.74) is 0. The normalized spacial score (nSPS) is 12.7. The highest BCUT2D eigenvalue weighted by molar-refractivity contribution is 5.78. The minimum atomic E-state index is -0.606. The maximum atomic E-state index is 11.6. The van der Waals surface area contributed by atoms with Gasteiger partial charge < -0.3 is 119 Å². The molecular formula is C53H103NO28. The van der Waals surface area contributed by atoms with E-state index in [4.69, 9.17) is 123 Å².